The summed E-state index contributed by atoms with van der Waals surface area (Å²) in [6.07, 6.45) is -3.57. The molecule has 1 amide bonds. The lowest BCUT2D eigenvalue weighted by atomic mass is 10.1. The van der Waals surface area contributed by atoms with Gasteiger partial charge in [-0.15, -0.1) is 0 Å². The summed E-state index contributed by atoms with van der Waals surface area (Å²) in [6, 6.07) is 3.03. The first kappa shape index (κ1) is 14.8. The number of carbonyl (C=O) groups is 1. The number of halogens is 3. The van der Waals surface area contributed by atoms with Crippen LogP contribution < -0.4 is 5.32 Å². The Labute approximate surface area is 116 Å². The summed E-state index contributed by atoms with van der Waals surface area (Å²) in [7, 11) is 0. The van der Waals surface area contributed by atoms with E-state index in [1.165, 1.54) is 31.3 Å². The first-order valence-corrected chi connectivity index (χ1v) is 5.83. The summed E-state index contributed by atoms with van der Waals surface area (Å²) in [5.41, 5.74) is 0.688. The summed E-state index contributed by atoms with van der Waals surface area (Å²) in [4.78, 5) is 23.9. The number of alkyl halides is 3. The number of benzene rings is 1. The molecule has 0 aliphatic heterocycles. The zero-order valence-electron chi connectivity index (χ0n) is 10.7. The number of nitrogens with zero attached hydrogens (tertiary/aromatic N) is 1. The van der Waals surface area contributed by atoms with Gasteiger partial charge in [-0.1, -0.05) is 0 Å². The number of carbonyl (C=O) groups excluding carboxylic acids is 1. The highest BCUT2D eigenvalue weighted by Crippen LogP contribution is 2.28. The van der Waals surface area contributed by atoms with Gasteiger partial charge in [0.15, 0.2) is 0 Å². The third-order valence-corrected chi connectivity index (χ3v) is 2.98. The molecule has 1 aromatic carbocycles. The highest BCUT2D eigenvalue weighted by Gasteiger charge is 2.39. The molecule has 2 N–H and O–H groups in total. The lowest BCUT2D eigenvalue weighted by molar-refractivity contribution is -0.384. The average Bonchev–Trinajstić information content (AvgIpc) is 2.80. The van der Waals surface area contributed by atoms with E-state index in [1.807, 2.05) is 5.32 Å². The van der Waals surface area contributed by atoms with Gasteiger partial charge < -0.3 is 10.3 Å². The molecule has 1 atom stereocenters. The quantitative estimate of drug-likeness (QED) is 0.675. The summed E-state index contributed by atoms with van der Waals surface area (Å²) in [5.74, 6) is -2.06. The number of hydrogen-bond donors (Lipinski definition) is 2. The van der Waals surface area contributed by atoms with Gasteiger partial charge in [0.1, 0.15) is 0 Å². The van der Waals surface area contributed by atoms with Crippen molar-refractivity contribution in [1.82, 2.24) is 10.3 Å². The van der Waals surface area contributed by atoms with Crippen LogP contribution in [0.4, 0.5) is 18.9 Å². The molecule has 0 saturated carbocycles. The van der Waals surface area contributed by atoms with Crippen molar-refractivity contribution in [3.63, 3.8) is 0 Å². The number of H-pyrrole nitrogens is 1. The third-order valence-electron chi connectivity index (χ3n) is 2.98. The maximum Gasteiger partial charge on any atom is 0.471 e. The summed E-state index contributed by atoms with van der Waals surface area (Å²) < 4.78 is 36.7. The minimum atomic E-state index is -4.98. The van der Waals surface area contributed by atoms with Crippen LogP contribution in [0.25, 0.3) is 10.9 Å². The van der Waals surface area contributed by atoms with E-state index in [-0.39, 0.29) is 5.69 Å². The molecular weight excluding hydrogens is 291 g/mol. The van der Waals surface area contributed by atoms with E-state index < -0.39 is 23.0 Å². The Hall–Kier alpha value is -2.58. The second kappa shape index (κ2) is 5.08. The van der Waals surface area contributed by atoms with E-state index in [2.05, 4.69) is 4.98 Å². The molecule has 1 unspecified atom stereocenters. The lowest BCUT2D eigenvalue weighted by Crippen LogP contribution is -2.38. The molecule has 0 fully saturated rings. The number of aromatic amines is 1. The van der Waals surface area contributed by atoms with Gasteiger partial charge in [0.25, 0.3) is 5.69 Å². The van der Waals surface area contributed by atoms with Crippen molar-refractivity contribution in [1.29, 1.82) is 0 Å². The summed E-state index contributed by atoms with van der Waals surface area (Å²) in [5, 5.41) is 12.9. The largest absolute Gasteiger partial charge is 0.471 e. The summed E-state index contributed by atoms with van der Waals surface area (Å²) >= 11 is 0. The molecule has 0 radical (unpaired) electrons. The van der Waals surface area contributed by atoms with E-state index >= 15 is 0 Å². The molecule has 1 aromatic heterocycles. The van der Waals surface area contributed by atoms with Crippen LogP contribution in [0, 0.1) is 10.1 Å². The number of amides is 1. The monoisotopic (exact) mass is 301 g/mol. The van der Waals surface area contributed by atoms with Crippen LogP contribution >= 0.6 is 0 Å². The molecule has 0 saturated heterocycles. The summed E-state index contributed by atoms with van der Waals surface area (Å²) in [6.45, 7) is 1.37. The Bertz CT molecular complexity index is 709. The SMILES string of the molecule is CC(NC(=O)C(F)(F)F)c1c[nH]c2ccc([N+](=O)[O-])cc12. The minimum absolute atomic E-state index is 0.183. The molecule has 1 heterocycles. The van der Waals surface area contributed by atoms with Gasteiger partial charge in [0, 0.05) is 29.2 Å². The van der Waals surface area contributed by atoms with E-state index in [4.69, 9.17) is 0 Å². The van der Waals surface area contributed by atoms with Crippen LogP contribution in [-0.4, -0.2) is 22.0 Å². The second-order valence-electron chi connectivity index (χ2n) is 4.42. The van der Waals surface area contributed by atoms with Crippen molar-refractivity contribution in [3.8, 4) is 0 Å². The van der Waals surface area contributed by atoms with Gasteiger partial charge in [-0.3, -0.25) is 14.9 Å². The first-order valence-electron chi connectivity index (χ1n) is 5.83. The van der Waals surface area contributed by atoms with E-state index in [0.717, 1.165) is 0 Å². The molecule has 0 spiro atoms. The maximum atomic E-state index is 12.2. The number of hydrogen-bond acceptors (Lipinski definition) is 3. The number of rotatable bonds is 3. The van der Waals surface area contributed by atoms with Gasteiger partial charge in [0.05, 0.1) is 11.0 Å². The first-order chi connectivity index (χ1) is 9.70. The van der Waals surface area contributed by atoms with Crippen molar-refractivity contribution in [2.75, 3.05) is 0 Å². The standard InChI is InChI=1S/C12H10F3N3O3/c1-6(17-11(19)12(13,14)15)9-5-16-10-3-2-7(18(20)21)4-8(9)10/h2-6,16H,1H3,(H,17,19). The number of non-ortho nitro benzene ring substituents is 1. The topological polar surface area (TPSA) is 88.0 Å². The van der Waals surface area contributed by atoms with Crippen LogP contribution in [0.2, 0.25) is 0 Å². The maximum absolute atomic E-state index is 12.2. The van der Waals surface area contributed by atoms with Crippen LogP contribution in [0.15, 0.2) is 24.4 Å². The fourth-order valence-corrected chi connectivity index (χ4v) is 1.96. The van der Waals surface area contributed by atoms with Crippen molar-refractivity contribution >= 4 is 22.5 Å². The molecule has 21 heavy (non-hydrogen) atoms. The molecule has 9 heteroatoms. The average molecular weight is 301 g/mol. The van der Waals surface area contributed by atoms with Crippen LogP contribution in [0.5, 0.6) is 0 Å². The molecule has 0 aliphatic carbocycles. The number of nitrogens with one attached hydrogen (secondary N) is 2. The highest BCUT2D eigenvalue weighted by molar-refractivity contribution is 5.87. The predicted molar refractivity (Wildman–Crippen MR) is 67.6 cm³/mol. The van der Waals surface area contributed by atoms with Crippen molar-refractivity contribution in [2.24, 2.45) is 0 Å². The molecule has 2 rings (SSSR count). The Balaban J connectivity index is 2.35. The van der Waals surface area contributed by atoms with Gasteiger partial charge in [-0.25, -0.2) is 0 Å². The van der Waals surface area contributed by atoms with Crippen molar-refractivity contribution in [3.05, 3.63) is 40.1 Å². The highest BCUT2D eigenvalue weighted by atomic mass is 19.4. The number of nitro groups is 1. The number of nitro benzene ring substituents is 1. The van der Waals surface area contributed by atoms with E-state index in [0.29, 0.717) is 16.5 Å². The normalized spacial score (nSPS) is 13.1. The van der Waals surface area contributed by atoms with Crippen molar-refractivity contribution < 1.29 is 22.9 Å². The zero-order chi connectivity index (χ0) is 15.8. The van der Waals surface area contributed by atoms with Crippen LogP contribution in [0.3, 0.4) is 0 Å². The zero-order valence-corrected chi connectivity index (χ0v) is 10.7. The smallest absolute Gasteiger partial charge is 0.361 e. The molecular formula is C12H10F3N3O3. The fourth-order valence-electron chi connectivity index (χ4n) is 1.96. The van der Waals surface area contributed by atoms with Gasteiger partial charge in [-0.2, -0.15) is 13.2 Å². The Morgan fingerprint density at radius 3 is 2.67 bits per heavy atom. The Kier molecular flexibility index (Phi) is 3.58. The minimum Gasteiger partial charge on any atom is -0.361 e. The molecule has 0 bridgehead atoms. The van der Waals surface area contributed by atoms with Crippen molar-refractivity contribution in [2.45, 2.75) is 19.1 Å². The molecule has 6 nitrogen and oxygen atoms in total. The Morgan fingerprint density at radius 2 is 2.10 bits per heavy atom. The number of aromatic nitrogens is 1. The van der Waals surface area contributed by atoms with E-state index in [1.54, 1.807) is 0 Å². The van der Waals surface area contributed by atoms with E-state index in [9.17, 15) is 28.1 Å². The molecule has 2 aromatic rings. The second-order valence-corrected chi connectivity index (χ2v) is 4.42. The third kappa shape index (κ3) is 2.96. The molecule has 0 aliphatic rings. The van der Waals surface area contributed by atoms with Gasteiger partial charge in [0.2, 0.25) is 0 Å². The number of fused-ring (bicyclic) bond motifs is 1. The molecule has 112 valence electrons. The van der Waals surface area contributed by atoms with Crippen LogP contribution in [-0.2, 0) is 4.79 Å². The lowest BCUT2D eigenvalue weighted by Gasteiger charge is -2.14. The van der Waals surface area contributed by atoms with Gasteiger partial charge >= 0.3 is 12.1 Å². The van der Waals surface area contributed by atoms with Gasteiger partial charge in [-0.05, 0) is 18.6 Å². The Morgan fingerprint density at radius 1 is 1.43 bits per heavy atom. The van der Waals surface area contributed by atoms with Crippen LogP contribution in [0.1, 0.15) is 18.5 Å². The predicted octanol–water partition coefficient (Wildman–Crippen LogP) is 2.82. The fraction of sp³-hybridized carbons (Fsp3) is 0.250.